The number of carbonyl (C=O) groups is 2. The Labute approximate surface area is 176 Å². The number of phenols is 1. The van der Waals surface area contributed by atoms with E-state index in [0.717, 1.165) is 16.2 Å². The quantitative estimate of drug-likeness (QED) is 0.310. The molecule has 0 unspecified atom stereocenters. The molecule has 0 saturated carbocycles. The Morgan fingerprint density at radius 2 is 1.67 bits per heavy atom. The van der Waals surface area contributed by atoms with Crippen LogP contribution in [0.5, 0.6) is 17.2 Å². The Balaban J connectivity index is 1.74. The second-order valence-electron chi connectivity index (χ2n) is 6.48. The molecule has 0 amide bonds. The van der Waals surface area contributed by atoms with Crippen LogP contribution in [0.1, 0.15) is 20.8 Å². The van der Waals surface area contributed by atoms with Gasteiger partial charge in [-0.1, -0.05) is 42.5 Å². The van der Waals surface area contributed by atoms with Crippen LogP contribution in [0.15, 0.2) is 78.9 Å². The molecule has 0 aliphatic carbocycles. The number of hydrogen-bond donors (Lipinski definition) is 2. The lowest BCUT2D eigenvalue weighted by Crippen LogP contribution is -2.00. The van der Waals surface area contributed by atoms with Gasteiger partial charge in [0.15, 0.2) is 5.75 Å². The summed E-state index contributed by atoms with van der Waals surface area (Å²) in [6.07, 6.45) is 2.55. The summed E-state index contributed by atoms with van der Waals surface area (Å²) in [5, 5.41) is 19.3. The second-order valence-corrected chi connectivity index (χ2v) is 7.53. The van der Waals surface area contributed by atoms with Crippen molar-refractivity contribution in [1.29, 1.82) is 0 Å². The van der Waals surface area contributed by atoms with Gasteiger partial charge < -0.3 is 14.9 Å². The van der Waals surface area contributed by atoms with Gasteiger partial charge in [-0.25, -0.2) is 4.79 Å². The number of carboxylic acids is 1. The molecule has 5 nitrogen and oxygen atoms in total. The van der Waals surface area contributed by atoms with Crippen molar-refractivity contribution in [2.24, 2.45) is 0 Å². The Morgan fingerprint density at radius 3 is 2.37 bits per heavy atom. The van der Waals surface area contributed by atoms with E-state index < -0.39 is 5.97 Å². The van der Waals surface area contributed by atoms with E-state index in [1.807, 2.05) is 6.07 Å². The first-order valence-electron chi connectivity index (χ1n) is 9.05. The Kier molecular flexibility index (Phi) is 5.32. The average molecular weight is 416 g/mol. The highest BCUT2D eigenvalue weighted by Gasteiger charge is 2.22. The fraction of sp³-hybridized carbons (Fsp3) is 0. The first kappa shape index (κ1) is 19.4. The van der Waals surface area contributed by atoms with Crippen LogP contribution in [0.3, 0.4) is 0 Å². The molecule has 4 rings (SSSR count). The van der Waals surface area contributed by atoms with Crippen LogP contribution in [0.25, 0.3) is 16.2 Å². The molecule has 30 heavy (non-hydrogen) atoms. The number of ether oxygens (including phenoxy) is 1. The monoisotopic (exact) mass is 416 g/mol. The maximum absolute atomic E-state index is 13.1. The zero-order valence-electron chi connectivity index (χ0n) is 15.6. The maximum Gasteiger partial charge on any atom is 0.328 e. The van der Waals surface area contributed by atoms with Crippen LogP contribution >= 0.6 is 11.3 Å². The largest absolute Gasteiger partial charge is 0.508 e. The van der Waals surface area contributed by atoms with Gasteiger partial charge in [-0.05, 0) is 42.0 Å². The van der Waals surface area contributed by atoms with Crippen molar-refractivity contribution in [2.45, 2.75) is 0 Å². The number of fused-ring (bicyclic) bond motifs is 1. The van der Waals surface area contributed by atoms with E-state index in [1.54, 1.807) is 66.7 Å². The molecule has 1 heterocycles. The highest BCUT2D eigenvalue weighted by Crippen LogP contribution is 2.42. The van der Waals surface area contributed by atoms with Gasteiger partial charge in [0.2, 0.25) is 5.78 Å². The molecule has 2 N–H and O–H groups in total. The number of aromatic hydroxyl groups is 1. The minimum atomic E-state index is -1.02. The number of carbonyl (C=O) groups excluding carboxylic acids is 1. The number of ketones is 1. The van der Waals surface area contributed by atoms with Crippen LogP contribution in [0.2, 0.25) is 0 Å². The summed E-state index contributed by atoms with van der Waals surface area (Å²) < 4.78 is 6.83. The average Bonchev–Trinajstić information content (AvgIpc) is 3.10. The Bertz CT molecular complexity index is 1250. The minimum Gasteiger partial charge on any atom is -0.508 e. The van der Waals surface area contributed by atoms with E-state index in [1.165, 1.54) is 17.4 Å². The third kappa shape index (κ3) is 4.09. The fourth-order valence-electron chi connectivity index (χ4n) is 2.97. The van der Waals surface area contributed by atoms with Crippen molar-refractivity contribution in [3.8, 4) is 17.2 Å². The number of rotatable bonds is 6. The van der Waals surface area contributed by atoms with Gasteiger partial charge in [-0.3, -0.25) is 4.79 Å². The molecular weight excluding hydrogens is 400 g/mol. The summed E-state index contributed by atoms with van der Waals surface area (Å²) in [5.41, 5.74) is 1.26. The van der Waals surface area contributed by atoms with Gasteiger partial charge in [0, 0.05) is 21.7 Å². The van der Waals surface area contributed by atoms with E-state index in [2.05, 4.69) is 0 Å². The molecule has 0 bridgehead atoms. The summed E-state index contributed by atoms with van der Waals surface area (Å²) in [7, 11) is 0. The summed E-state index contributed by atoms with van der Waals surface area (Å²) in [5.74, 6) is -0.127. The number of benzene rings is 3. The number of hydrogen-bond acceptors (Lipinski definition) is 5. The standard InChI is InChI=1S/C24H16O5S/c25-17-9-12-19-20(14-17)30-24(22(28)16-4-2-1-3-5-16)23(19)29-18-10-6-15(7-11-18)8-13-21(26)27/h1-14,25H,(H,26,27). The number of aliphatic carboxylic acids is 1. The molecule has 0 saturated heterocycles. The number of phenolic OH excluding ortho intramolecular Hbond substituents is 1. The van der Waals surface area contributed by atoms with E-state index in [0.29, 0.717) is 27.5 Å². The van der Waals surface area contributed by atoms with Crippen LogP contribution in [0, 0.1) is 0 Å². The van der Waals surface area contributed by atoms with Crippen molar-refractivity contribution in [3.63, 3.8) is 0 Å². The van der Waals surface area contributed by atoms with Gasteiger partial charge >= 0.3 is 5.97 Å². The zero-order valence-corrected chi connectivity index (χ0v) is 16.4. The normalized spacial score (nSPS) is 11.1. The third-order valence-corrected chi connectivity index (χ3v) is 5.52. The topological polar surface area (TPSA) is 83.8 Å². The first-order chi connectivity index (χ1) is 14.5. The molecular formula is C24H16O5S. The highest BCUT2D eigenvalue weighted by atomic mass is 32.1. The van der Waals surface area contributed by atoms with Crippen LogP contribution < -0.4 is 4.74 Å². The molecule has 3 aromatic carbocycles. The molecule has 0 aliphatic rings. The lowest BCUT2D eigenvalue weighted by Gasteiger charge is -2.08. The fourth-order valence-corrected chi connectivity index (χ4v) is 4.09. The molecule has 0 atom stereocenters. The second kappa shape index (κ2) is 8.23. The van der Waals surface area contributed by atoms with Gasteiger partial charge in [0.05, 0.1) is 0 Å². The Morgan fingerprint density at radius 1 is 0.933 bits per heavy atom. The molecule has 148 valence electrons. The highest BCUT2D eigenvalue weighted by molar-refractivity contribution is 7.21. The minimum absolute atomic E-state index is 0.114. The van der Waals surface area contributed by atoms with E-state index in [9.17, 15) is 14.7 Å². The van der Waals surface area contributed by atoms with Crippen molar-refractivity contribution < 1.29 is 24.5 Å². The summed E-state index contributed by atoms with van der Waals surface area (Å²) in [4.78, 5) is 24.2. The predicted molar refractivity (Wildman–Crippen MR) is 117 cm³/mol. The van der Waals surface area contributed by atoms with Crippen LogP contribution in [-0.2, 0) is 4.79 Å². The number of carboxylic acid groups (broad SMARTS) is 1. The van der Waals surface area contributed by atoms with Gasteiger partial charge in [0.1, 0.15) is 16.4 Å². The molecule has 6 heteroatoms. The smallest absolute Gasteiger partial charge is 0.328 e. The van der Waals surface area contributed by atoms with Gasteiger partial charge in [-0.2, -0.15) is 0 Å². The first-order valence-corrected chi connectivity index (χ1v) is 9.87. The van der Waals surface area contributed by atoms with Crippen molar-refractivity contribution in [1.82, 2.24) is 0 Å². The molecule has 0 radical (unpaired) electrons. The third-order valence-electron chi connectivity index (χ3n) is 4.39. The maximum atomic E-state index is 13.1. The molecule has 4 aromatic rings. The summed E-state index contributed by atoms with van der Waals surface area (Å²) >= 11 is 1.26. The summed E-state index contributed by atoms with van der Waals surface area (Å²) in [6.45, 7) is 0. The summed E-state index contributed by atoms with van der Waals surface area (Å²) in [6, 6.07) is 20.7. The zero-order chi connectivity index (χ0) is 21.1. The van der Waals surface area contributed by atoms with E-state index in [4.69, 9.17) is 9.84 Å². The van der Waals surface area contributed by atoms with Crippen molar-refractivity contribution in [2.75, 3.05) is 0 Å². The van der Waals surface area contributed by atoms with Gasteiger partial charge in [-0.15, -0.1) is 11.3 Å². The van der Waals surface area contributed by atoms with Crippen molar-refractivity contribution >= 4 is 39.3 Å². The van der Waals surface area contributed by atoms with E-state index in [-0.39, 0.29) is 11.5 Å². The van der Waals surface area contributed by atoms with Crippen molar-refractivity contribution in [3.05, 3.63) is 94.9 Å². The van der Waals surface area contributed by atoms with E-state index >= 15 is 0 Å². The SMILES string of the molecule is O=C(O)C=Cc1ccc(Oc2c(C(=O)c3ccccc3)sc3cc(O)ccc23)cc1. The van der Waals surface area contributed by atoms with Crippen LogP contribution in [-0.4, -0.2) is 22.0 Å². The molecule has 0 spiro atoms. The molecule has 0 fully saturated rings. The van der Waals surface area contributed by atoms with Crippen LogP contribution in [0.4, 0.5) is 0 Å². The van der Waals surface area contributed by atoms with Gasteiger partial charge in [0.25, 0.3) is 0 Å². The number of thiophene rings is 1. The lowest BCUT2D eigenvalue weighted by atomic mass is 10.1. The molecule has 1 aromatic heterocycles. The Hall–Kier alpha value is -3.90. The molecule has 0 aliphatic heterocycles. The predicted octanol–water partition coefficient (Wildman–Crippen LogP) is 5.73. The lowest BCUT2D eigenvalue weighted by molar-refractivity contribution is -0.131.